The van der Waals surface area contributed by atoms with Crippen LogP contribution in [0.15, 0.2) is 30.6 Å². The van der Waals surface area contributed by atoms with Crippen molar-refractivity contribution in [3.05, 3.63) is 42.1 Å². The zero-order chi connectivity index (χ0) is 20.4. The fourth-order valence-corrected chi connectivity index (χ4v) is 2.88. The monoisotopic (exact) mass is 394 g/mol. The number of carbonyl (C=O) groups excluding carboxylic acids is 2. The fraction of sp³-hybridized carbons (Fsp3) is 0.353. The summed E-state index contributed by atoms with van der Waals surface area (Å²) < 4.78 is 19.9. The smallest absolute Gasteiger partial charge is 0.278 e. The number of imidazole rings is 1. The van der Waals surface area contributed by atoms with E-state index in [4.69, 9.17) is 4.74 Å². The number of nitrogens with one attached hydrogen (secondary N) is 2. The summed E-state index contributed by atoms with van der Waals surface area (Å²) in [5, 5.41) is 34.2. The summed E-state index contributed by atoms with van der Waals surface area (Å²) in [7, 11) is 0. The lowest BCUT2D eigenvalue weighted by Crippen LogP contribution is -2.33. The Labute approximate surface area is 158 Å². The molecule has 2 unspecified atom stereocenters. The Morgan fingerprint density at radius 2 is 2.04 bits per heavy atom. The molecule has 150 valence electrons. The van der Waals surface area contributed by atoms with Gasteiger partial charge in [0.05, 0.1) is 12.9 Å². The highest BCUT2D eigenvalue weighted by Gasteiger charge is 2.44. The summed E-state index contributed by atoms with van der Waals surface area (Å²) in [5.74, 6) is -1.89. The minimum absolute atomic E-state index is 0.0868. The first-order valence-electron chi connectivity index (χ1n) is 8.35. The average Bonchev–Trinajstić information content (AvgIpc) is 3.16. The molecule has 1 saturated heterocycles. The number of aliphatic hydroxyl groups is 3. The van der Waals surface area contributed by atoms with Gasteiger partial charge in [0.1, 0.15) is 29.9 Å². The van der Waals surface area contributed by atoms with Crippen molar-refractivity contribution in [2.24, 2.45) is 0 Å². The zero-order valence-corrected chi connectivity index (χ0v) is 14.7. The van der Waals surface area contributed by atoms with Gasteiger partial charge in [-0.1, -0.05) is 6.07 Å². The summed E-state index contributed by atoms with van der Waals surface area (Å²) in [6, 6.07) is 5.22. The van der Waals surface area contributed by atoms with Gasteiger partial charge in [-0.2, -0.15) is 0 Å². The number of amides is 2. The number of aliphatic hydroxyl groups excluding tert-OH is 3. The van der Waals surface area contributed by atoms with Crippen molar-refractivity contribution >= 4 is 23.3 Å². The van der Waals surface area contributed by atoms with Crippen molar-refractivity contribution in [1.82, 2.24) is 9.55 Å². The second kappa shape index (κ2) is 8.02. The first kappa shape index (κ1) is 19.9. The lowest BCUT2D eigenvalue weighted by Gasteiger charge is -2.19. The first-order chi connectivity index (χ1) is 13.3. The molecule has 4 atom stereocenters. The Bertz CT molecular complexity index is 888. The predicted molar refractivity (Wildman–Crippen MR) is 93.9 cm³/mol. The van der Waals surface area contributed by atoms with Gasteiger partial charge in [-0.25, -0.2) is 9.37 Å². The molecule has 5 N–H and O–H groups in total. The summed E-state index contributed by atoms with van der Waals surface area (Å²) in [6.07, 6.45) is -3.90. The molecule has 1 aromatic heterocycles. The number of hydrogen-bond acceptors (Lipinski definition) is 7. The zero-order valence-electron chi connectivity index (χ0n) is 14.7. The van der Waals surface area contributed by atoms with Gasteiger partial charge >= 0.3 is 0 Å². The highest BCUT2D eigenvalue weighted by atomic mass is 19.1. The van der Waals surface area contributed by atoms with Gasteiger partial charge in [0, 0.05) is 12.6 Å². The summed E-state index contributed by atoms with van der Waals surface area (Å²) in [4.78, 5) is 28.1. The Hall–Kier alpha value is -2.86. The van der Waals surface area contributed by atoms with Crippen LogP contribution in [0.4, 0.5) is 15.9 Å². The molecule has 0 radical (unpaired) electrons. The second-order valence-electron chi connectivity index (χ2n) is 6.22. The fourth-order valence-electron chi connectivity index (χ4n) is 2.88. The van der Waals surface area contributed by atoms with E-state index in [1.807, 2.05) is 0 Å². The van der Waals surface area contributed by atoms with E-state index in [0.717, 1.165) is 12.4 Å². The normalized spacial score (nSPS) is 24.2. The van der Waals surface area contributed by atoms with Gasteiger partial charge < -0.3 is 30.7 Å². The van der Waals surface area contributed by atoms with E-state index >= 15 is 0 Å². The molecule has 0 aliphatic carbocycles. The van der Waals surface area contributed by atoms with Crippen LogP contribution in [0, 0.1) is 5.82 Å². The van der Waals surface area contributed by atoms with Gasteiger partial charge in [-0.3, -0.25) is 14.2 Å². The predicted octanol–water partition coefficient (Wildman–Crippen LogP) is -0.156. The molecule has 2 heterocycles. The van der Waals surface area contributed by atoms with Gasteiger partial charge in [0.2, 0.25) is 5.91 Å². The van der Waals surface area contributed by atoms with Crippen molar-refractivity contribution < 1.29 is 34.0 Å². The van der Waals surface area contributed by atoms with Crippen molar-refractivity contribution in [2.45, 2.75) is 31.5 Å². The largest absolute Gasteiger partial charge is 0.394 e. The molecule has 0 spiro atoms. The second-order valence-corrected chi connectivity index (χ2v) is 6.22. The van der Waals surface area contributed by atoms with E-state index in [-0.39, 0.29) is 17.2 Å². The molecular formula is C17H19FN4O6. The highest BCUT2D eigenvalue weighted by molar-refractivity contribution is 6.08. The van der Waals surface area contributed by atoms with E-state index in [0.29, 0.717) is 0 Å². The molecule has 2 aromatic rings. The quantitative estimate of drug-likeness (QED) is 0.474. The number of halogens is 1. The van der Waals surface area contributed by atoms with Crippen molar-refractivity contribution in [2.75, 3.05) is 17.2 Å². The third-order valence-corrected chi connectivity index (χ3v) is 4.18. The number of hydrogen-bond donors (Lipinski definition) is 5. The van der Waals surface area contributed by atoms with Crippen LogP contribution in [0.1, 0.15) is 23.6 Å². The lowest BCUT2D eigenvalue weighted by atomic mass is 10.1. The van der Waals surface area contributed by atoms with Crippen LogP contribution in [-0.2, 0) is 9.53 Å². The van der Waals surface area contributed by atoms with Gasteiger partial charge in [0.25, 0.3) is 5.91 Å². The highest BCUT2D eigenvalue weighted by Crippen LogP contribution is 2.33. The number of rotatable bonds is 5. The summed E-state index contributed by atoms with van der Waals surface area (Å²) in [6.45, 7) is 0.675. The molecule has 1 aliphatic heterocycles. The third kappa shape index (κ3) is 3.87. The Kier molecular flexibility index (Phi) is 5.70. The minimum atomic E-state index is -1.43. The van der Waals surface area contributed by atoms with E-state index in [9.17, 15) is 29.3 Å². The van der Waals surface area contributed by atoms with Crippen molar-refractivity contribution in [3.8, 4) is 0 Å². The summed E-state index contributed by atoms with van der Waals surface area (Å²) in [5.41, 5.74) is -0.0292. The van der Waals surface area contributed by atoms with Gasteiger partial charge in [-0.05, 0) is 18.2 Å². The standard InChI is InChI=1S/C17H19FN4O6/c1-8(24)20-15-12(16(27)21-10-4-2-3-9(18)5-10)19-7-22(15)17-14(26)13(25)11(6-23)28-17/h2-5,7,11,13-14,17,23,25-26H,6H2,1H3,(H,20,24)(H,21,27)/t11-,13?,14?,17-/m1/s1. The third-order valence-electron chi connectivity index (χ3n) is 4.18. The molecule has 1 fully saturated rings. The molecule has 1 aromatic carbocycles. The van der Waals surface area contributed by atoms with E-state index in [1.54, 1.807) is 0 Å². The maximum atomic E-state index is 13.3. The number of nitrogens with zero attached hydrogens (tertiary/aromatic N) is 2. The number of benzene rings is 1. The van der Waals surface area contributed by atoms with E-state index in [2.05, 4.69) is 15.6 Å². The summed E-state index contributed by atoms with van der Waals surface area (Å²) >= 11 is 0. The molecule has 0 saturated carbocycles. The van der Waals surface area contributed by atoms with Gasteiger partial charge in [0.15, 0.2) is 11.9 Å². The Balaban J connectivity index is 1.92. The van der Waals surface area contributed by atoms with Crippen LogP contribution in [0.3, 0.4) is 0 Å². The molecule has 1 aliphatic rings. The molecule has 0 bridgehead atoms. The number of ether oxygens (including phenoxy) is 1. The molecule has 10 nitrogen and oxygen atoms in total. The average molecular weight is 394 g/mol. The maximum Gasteiger partial charge on any atom is 0.278 e. The first-order valence-corrected chi connectivity index (χ1v) is 8.35. The molecule has 11 heteroatoms. The number of aromatic nitrogens is 2. The van der Waals surface area contributed by atoms with Crippen LogP contribution in [0.2, 0.25) is 0 Å². The molecule has 28 heavy (non-hydrogen) atoms. The lowest BCUT2D eigenvalue weighted by molar-refractivity contribution is -0.114. The van der Waals surface area contributed by atoms with Crippen molar-refractivity contribution in [1.29, 1.82) is 0 Å². The van der Waals surface area contributed by atoms with Crippen LogP contribution in [0.25, 0.3) is 0 Å². The number of carbonyl (C=O) groups is 2. The van der Waals surface area contributed by atoms with Crippen LogP contribution in [-0.4, -0.2) is 61.6 Å². The van der Waals surface area contributed by atoms with Crippen LogP contribution < -0.4 is 10.6 Å². The van der Waals surface area contributed by atoms with Gasteiger partial charge in [-0.15, -0.1) is 0 Å². The topological polar surface area (TPSA) is 146 Å². The SMILES string of the molecule is CC(=O)Nc1c(C(=O)Nc2cccc(F)c2)ncn1[C@@H]1O[C@H](CO)C(O)C1O. The maximum absolute atomic E-state index is 13.3. The molecule has 2 amide bonds. The molecule has 3 rings (SSSR count). The van der Waals surface area contributed by atoms with Crippen LogP contribution in [0.5, 0.6) is 0 Å². The van der Waals surface area contributed by atoms with E-state index < -0.39 is 48.8 Å². The minimum Gasteiger partial charge on any atom is -0.394 e. The van der Waals surface area contributed by atoms with Crippen LogP contribution >= 0.6 is 0 Å². The Morgan fingerprint density at radius 3 is 2.64 bits per heavy atom. The van der Waals surface area contributed by atoms with Crippen molar-refractivity contribution in [3.63, 3.8) is 0 Å². The Morgan fingerprint density at radius 1 is 1.29 bits per heavy atom. The van der Waals surface area contributed by atoms with E-state index in [1.165, 1.54) is 29.7 Å². The number of anilines is 2. The molecular weight excluding hydrogens is 375 g/mol.